The summed E-state index contributed by atoms with van der Waals surface area (Å²) in [5, 5.41) is 17.0. The summed E-state index contributed by atoms with van der Waals surface area (Å²) >= 11 is 0. The topological polar surface area (TPSA) is 103 Å². The van der Waals surface area contributed by atoms with Crippen LogP contribution in [-0.4, -0.2) is 45.3 Å². The number of ether oxygens (including phenoxy) is 2. The zero-order chi connectivity index (χ0) is 20.3. The molecule has 0 unspecified atom stereocenters. The Hall–Kier alpha value is -2.09. The van der Waals surface area contributed by atoms with Crippen molar-refractivity contribution in [1.29, 1.82) is 0 Å². The number of hydrogen-bond donors (Lipinski definition) is 2. The van der Waals surface area contributed by atoms with Crippen molar-refractivity contribution in [3.05, 3.63) is 11.8 Å². The van der Waals surface area contributed by atoms with Crippen LogP contribution in [0.3, 0.4) is 0 Å². The van der Waals surface area contributed by atoms with Crippen molar-refractivity contribution in [2.75, 3.05) is 12.4 Å². The normalized spacial score (nSPS) is 12.7. The fraction of sp³-hybridized carbons (Fsp3) is 0.722. The maximum atomic E-state index is 12.1. The van der Waals surface area contributed by atoms with E-state index in [-0.39, 0.29) is 11.1 Å². The number of amides is 1. The number of hydrogen-bond acceptors (Lipinski definition) is 6. The molecule has 1 heterocycles. The molecule has 0 radical (unpaired) electrons. The van der Waals surface area contributed by atoms with E-state index in [4.69, 9.17) is 9.47 Å². The number of rotatable bonds is 6. The third-order valence-corrected chi connectivity index (χ3v) is 3.29. The van der Waals surface area contributed by atoms with Gasteiger partial charge in [-0.2, -0.15) is 5.10 Å². The standard InChI is InChI=1S/C18H31N3O5/c1-16(2,3)26-15(23)19-13-9-12(14(22)25-8)20-21(13)11-17(4,5)10-18(6,7)24/h9,24H,10-11H2,1-8H3,(H,19,23). The molecule has 0 saturated heterocycles. The molecule has 0 aliphatic carbocycles. The number of aromatic nitrogens is 2. The van der Waals surface area contributed by atoms with Gasteiger partial charge in [0.15, 0.2) is 5.69 Å². The van der Waals surface area contributed by atoms with Crippen molar-refractivity contribution in [2.24, 2.45) is 5.41 Å². The summed E-state index contributed by atoms with van der Waals surface area (Å²) in [6.07, 6.45) is -0.144. The van der Waals surface area contributed by atoms with Crippen LogP contribution >= 0.6 is 0 Å². The van der Waals surface area contributed by atoms with Crippen LogP contribution in [-0.2, 0) is 16.0 Å². The molecule has 26 heavy (non-hydrogen) atoms. The van der Waals surface area contributed by atoms with Gasteiger partial charge in [-0.15, -0.1) is 0 Å². The van der Waals surface area contributed by atoms with Gasteiger partial charge in [0.05, 0.1) is 12.7 Å². The molecule has 0 aliphatic heterocycles. The van der Waals surface area contributed by atoms with Gasteiger partial charge >= 0.3 is 12.1 Å². The molecule has 0 aliphatic rings. The molecular weight excluding hydrogens is 338 g/mol. The van der Waals surface area contributed by atoms with E-state index in [0.29, 0.717) is 18.8 Å². The largest absolute Gasteiger partial charge is 0.464 e. The van der Waals surface area contributed by atoms with E-state index < -0.39 is 23.3 Å². The Morgan fingerprint density at radius 1 is 1.19 bits per heavy atom. The first kappa shape index (κ1) is 22.0. The van der Waals surface area contributed by atoms with Gasteiger partial charge in [0.1, 0.15) is 11.4 Å². The summed E-state index contributed by atoms with van der Waals surface area (Å²) in [5.74, 6) is -0.278. The van der Waals surface area contributed by atoms with Crippen LogP contribution in [0.1, 0.15) is 65.4 Å². The summed E-state index contributed by atoms with van der Waals surface area (Å²) in [7, 11) is 1.26. The summed E-state index contributed by atoms with van der Waals surface area (Å²) in [5.41, 5.74) is -1.78. The van der Waals surface area contributed by atoms with E-state index in [1.807, 2.05) is 13.8 Å². The van der Waals surface area contributed by atoms with E-state index in [2.05, 4.69) is 10.4 Å². The molecule has 148 valence electrons. The number of nitrogens with zero attached hydrogens (tertiary/aromatic N) is 2. The van der Waals surface area contributed by atoms with Gasteiger partial charge in [-0.25, -0.2) is 14.3 Å². The van der Waals surface area contributed by atoms with Crippen molar-refractivity contribution in [2.45, 2.75) is 72.6 Å². The van der Waals surface area contributed by atoms with Crippen molar-refractivity contribution in [1.82, 2.24) is 9.78 Å². The lowest BCUT2D eigenvalue weighted by Gasteiger charge is -2.31. The van der Waals surface area contributed by atoms with Crippen molar-refractivity contribution >= 4 is 17.9 Å². The quantitative estimate of drug-likeness (QED) is 0.747. The highest BCUT2D eigenvalue weighted by Crippen LogP contribution is 2.31. The van der Waals surface area contributed by atoms with Crippen LogP contribution in [0.25, 0.3) is 0 Å². The van der Waals surface area contributed by atoms with Crippen LogP contribution < -0.4 is 5.32 Å². The van der Waals surface area contributed by atoms with Crippen molar-refractivity contribution in [3.8, 4) is 0 Å². The molecule has 1 aromatic heterocycles. The fourth-order valence-corrected chi connectivity index (χ4v) is 2.88. The summed E-state index contributed by atoms with van der Waals surface area (Å²) in [6.45, 7) is 13.1. The number of esters is 1. The van der Waals surface area contributed by atoms with E-state index in [9.17, 15) is 14.7 Å². The molecular formula is C18H31N3O5. The maximum absolute atomic E-state index is 12.1. The molecule has 0 saturated carbocycles. The van der Waals surface area contributed by atoms with Crippen LogP contribution in [0.4, 0.5) is 10.6 Å². The lowest BCUT2D eigenvalue weighted by Crippen LogP contribution is -2.33. The molecule has 0 atom stereocenters. The Morgan fingerprint density at radius 2 is 1.77 bits per heavy atom. The van der Waals surface area contributed by atoms with Crippen LogP contribution in [0, 0.1) is 5.41 Å². The lowest BCUT2D eigenvalue weighted by molar-refractivity contribution is 0.0254. The first-order valence-corrected chi connectivity index (χ1v) is 8.50. The minimum Gasteiger partial charge on any atom is -0.464 e. The summed E-state index contributed by atoms with van der Waals surface area (Å²) in [6, 6.07) is 1.44. The van der Waals surface area contributed by atoms with E-state index >= 15 is 0 Å². The second-order valence-corrected chi connectivity index (χ2v) is 8.84. The van der Waals surface area contributed by atoms with E-state index in [1.54, 1.807) is 34.6 Å². The summed E-state index contributed by atoms with van der Waals surface area (Å²) in [4.78, 5) is 23.9. The minimum absolute atomic E-state index is 0.0811. The number of nitrogens with one attached hydrogen (secondary N) is 1. The highest BCUT2D eigenvalue weighted by molar-refractivity contribution is 5.90. The predicted octanol–water partition coefficient (Wildman–Crippen LogP) is 3.20. The third kappa shape index (κ3) is 7.43. The van der Waals surface area contributed by atoms with Gasteiger partial charge in [-0.1, -0.05) is 13.8 Å². The molecule has 0 fully saturated rings. The van der Waals surface area contributed by atoms with Gasteiger partial charge in [-0.05, 0) is 46.5 Å². The SMILES string of the molecule is COC(=O)c1cc(NC(=O)OC(C)(C)C)n(CC(C)(C)CC(C)(C)O)n1. The third-order valence-electron chi connectivity index (χ3n) is 3.29. The van der Waals surface area contributed by atoms with Crippen LogP contribution in [0.15, 0.2) is 6.07 Å². The molecule has 1 rings (SSSR count). The Morgan fingerprint density at radius 3 is 2.23 bits per heavy atom. The number of carbonyl (C=O) groups is 2. The maximum Gasteiger partial charge on any atom is 0.413 e. The zero-order valence-corrected chi connectivity index (χ0v) is 17.0. The fourth-order valence-electron chi connectivity index (χ4n) is 2.88. The number of carbonyl (C=O) groups excluding carboxylic acids is 2. The first-order chi connectivity index (χ1) is 11.6. The van der Waals surface area contributed by atoms with Gasteiger partial charge in [0.25, 0.3) is 0 Å². The van der Waals surface area contributed by atoms with Gasteiger partial charge in [0.2, 0.25) is 0 Å². The molecule has 2 N–H and O–H groups in total. The number of methoxy groups -OCH3 is 1. The molecule has 0 bridgehead atoms. The molecule has 0 aromatic carbocycles. The van der Waals surface area contributed by atoms with Crippen LogP contribution in [0.2, 0.25) is 0 Å². The zero-order valence-electron chi connectivity index (χ0n) is 17.0. The van der Waals surface area contributed by atoms with Crippen LogP contribution in [0.5, 0.6) is 0 Å². The highest BCUT2D eigenvalue weighted by atomic mass is 16.6. The van der Waals surface area contributed by atoms with Gasteiger partial charge in [-0.3, -0.25) is 5.32 Å². The Balaban J connectivity index is 3.10. The molecule has 8 nitrogen and oxygen atoms in total. The second kappa shape index (κ2) is 7.65. The molecule has 1 aromatic rings. The smallest absolute Gasteiger partial charge is 0.413 e. The number of aliphatic hydroxyl groups is 1. The molecule has 8 heteroatoms. The average Bonchev–Trinajstić information content (AvgIpc) is 2.74. The highest BCUT2D eigenvalue weighted by Gasteiger charge is 2.29. The molecule has 1 amide bonds. The summed E-state index contributed by atoms with van der Waals surface area (Å²) < 4.78 is 11.5. The Labute approximate surface area is 154 Å². The van der Waals surface area contributed by atoms with Gasteiger partial charge in [0, 0.05) is 12.6 Å². The average molecular weight is 369 g/mol. The second-order valence-electron chi connectivity index (χ2n) is 8.84. The lowest BCUT2D eigenvalue weighted by atomic mass is 9.82. The van der Waals surface area contributed by atoms with Gasteiger partial charge < -0.3 is 14.6 Å². The number of anilines is 1. The monoisotopic (exact) mass is 369 g/mol. The Kier molecular flexibility index (Phi) is 6.46. The first-order valence-electron chi connectivity index (χ1n) is 8.50. The van der Waals surface area contributed by atoms with Crippen molar-refractivity contribution < 1.29 is 24.2 Å². The van der Waals surface area contributed by atoms with E-state index in [1.165, 1.54) is 17.9 Å². The van der Waals surface area contributed by atoms with Crippen molar-refractivity contribution in [3.63, 3.8) is 0 Å². The predicted molar refractivity (Wildman–Crippen MR) is 98.1 cm³/mol. The minimum atomic E-state index is -0.861. The van der Waals surface area contributed by atoms with E-state index in [0.717, 1.165) is 0 Å². The Bertz CT molecular complexity index is 651. The molecule has 0 spiro atoms.